The third-order valence-corrected chi connectivity index (χ3v) is 2.68. The van der Waals surface area contributed by atoms with Crippen molar-refractivity contribution in [1.82, 2.24) is 14.8 Å². The number of para-hydroxylation sites is 2. The molecule has 2 rings (SSSR count). The van der Waals surface area contributed by atoms with Gasteiger partial charge in [0.1, 0.15) is 17.4 Å². The third kappa shape index (κ3) is 2.55. The average molecular weight is 232 g/mol. The Morgan fingerprint density at radius 2 is 2.06 bits per heavy atom. The molecule has 5 nitrogen and oxygen atoms in total. The smallest absolute Gasteiger partial charge is 0.142 e. The zero-order valence-corrected chi connectivity index (χ0v) is 10.1. The van der Waals surface area contributed by atoms with Gasteiger partial charge in [-0.05, 0) is 19.1 Å². The van der Waals surface area contributed by atoms with Crippen LogP contribution in [-0.4, -0.2) is 21.4 Å². The van der Waals surface area contributed by atoms with Crippen molar-refractivity contribution in [1.29, 1.82) is 0 Å². The molecule has 0 spiro atoms. The predicted molar refractivity (Wildman–Crippen MR) is 65.8 cm³/mol. The Kier molecular flexibility index (Phi) is 3.27. The monoisotopic (exact) mass is 232 g/mol. The van der Waals surface area contributed by atoms with Gasteiger partial charge in [0.25, 0.3) is 0 Å². The van der Waals surface area contributed by atoms with Gasteiger partial charge in [-0.1, -0.05) is 12.1 Å². The minimum atomic E-state index is 0.542. The Bertz CT molecular complexity index is 507. The van der Waals surface area contributed by atoms with Crippen LogP contribution in [0.3, 0.4) is 0 Å². The Hall–Kier alpha value is -2.04. The highest BCUT2D eigenvalue weighted by Gasteiger charge is 2.05. The molecule has 0 aliphatic carbocycles. The van der Waals surface area contributed by atoms with Gasteiger partial charge < -0.3 is 15.0 Å². The summed E-state index contributed by atoms with van der Waals surface area (Å²) in [4.78, 5) is 0. The Morgan fingerprint density at radius 1 is 1.29 bits per heavy atom. The lowest BCUT2D eigenvalue weighted by molar-refractivity contribution is 0.319. The van der Waals surface area contributed by atoms with Crippen LogP contribution in [0, 0.1) is 6.92 Å². The summed E-state index contributed by atoms with van der Waals surface area (Å²) >= 11 is 0. The van der Waals surface area contributed by atoms with Crippen molar-refractivity contribution in [2.75, 3.05) is 12.3 Å². The van der Waals surface area contributed by atoms with E-state index in [1.54, 1.807) is 0 Å². The maximum atomic E-state index is 5.78. The van der Waals surface area contributed by atoms with Gasteiger partial charge in [0.05, 0.1) is 12.3 Å². The molecular weight excluding hydrogens is 216 g/mol. The van der Waals surface area contributed by atoms with Crippen LogP contribution >= 0.6 is 0 Å². The summed E-state index contributed by atoms with van der Waals surface area (Å²) in [6, 6.07) is 7.46. The summed E-state index contributed by atoms with van der Waals surface area (Å²) in [7, 11) is 1.95. The van der Waals surface area contributed by atoms with Gasteiger partial charge in [-0.15, -0.1) is 10.2 Å². The fraction of sp³-hybridized carbons (Fsp3) is 0.333. The first-order valence-electron chi connectivity index (χ1n) is 5.50. The highest BCUT2D eigenvalue weighted by molar-refractivity contribution is 5.51. The highest BCUT2D eigenvalue weighted by Crippen LogP contribution is 2.19. The molecule has 0 radical (unpaired) electrons. The number of hydrogen-bond acceptors (Lipinski definition) is 4. The molecule has 0 aliphatic rings. The molecule has 1 aromatic heterocycles. The molecule has 2 N–H and O–H groups in total. The number of anilines is 1. The summed E-state index contributed by atoms with van der Waals surface area (Å²) in [5, 5.41) is 8.06. The van der Waals surface area contributed by atoms with Crippen LogP contribution in [0.5, 0.6) is 5.75 Å². The van der Waals surface area contributed by atoms with Crippen molar-refractivity contribution in [3.63, 3.8) is 0 Å². The molecule has 0 aliphatic heterocycles. The molecule has 2 aromatic rings. The summed E-state index contributed by atoms with van der Waals surface area (Å²) in [5.74, 6) is 2.53. The van der Waals surface area contributed by atoms with E-state index in [1.807, 2.05) is 42.8 Å². The Balaban J connectivity index is 1.92. The number of nitrogen functional groups attached to an aromatic ring is 1. The lowest BCUT2D eigenvalue weighted by atomic mass is 10.3. The van der Waals surface area contributed by atoms with Gasteiger partial charge in [0.2, 0.25) is 0 Å². The number of aromatic nitrogens is 3. The van der Waals surface area contributed by atoms with Gasteiger partial charge in [-0.2, -0.15) is 0 Å². The van der Waals surface area contributed by atoms with E-state index in [-0.39, 0.29) is 0 Å². The van der Waals surface area contributed by atoms with Gasteiger partial charge in [0, 0.05) is 13.5 Å². The van der Waals surface area contributed by atoms with Crippen LogP contribution in [0.25, 0.3) is 0 Å². The van der Waals surface area contributed by atoms with E-state index in [1.165, 1.54) is 0 Å². The molecule has 0 amide bonds. The number of ether oxygens (including phenoxy) is 1. The Labute approximate surface area is 100 Å². The molecular formula is C12H16N4O. The van der Waals surface area contributed by atoms with E-state index in [9.17, 15) is 0 Å². The highest BCUT2D eigenvalue weighted by atomic mass is 16.5. The molecule has 90 valence electrons. The maximum Gasteiger partial charge on any atom is 0.142 e. The second-order valence-corrected chi connectivity index (χ2v) is 3.86. The number of hydrogen-bond donors (Lipinski definition) is 1. The minimum Gasteiger partial charge on any atom is -0.491 e. The molecule has 1 heterocycles. The van der Waals surface area contributed by atoms with E-state index < -0.39 is 0 Å². The SMILES string of the molecule is Cc1nnc(CCOc2ccccc2N)n1C. The van der Waals surface area contributed by atoms with Gasteiger partial charge in [0.15, 0.2) is 0 Å². The maximum absolute atomic E-state index is 5.78. The fourth-order valence-electron chi connectivity index (χ4n) is 1.53. The first-order chi connectivity index (χ1) is 8.18. The molecule has 5 heteroatoms. The zero-order chi connectivity index (χ0) is 12.3. The first kappa shape index (κ1) is 11.4. The summed E-state index contributed by atoms with van der Waals surface area (Å²) < 4.78 is 7.55. The molecule has 0 fully saturated rings. The summed E-state index contributed by atoms with van der Waals surface area (Å²) in [6.07, 6.45) is 0.714. The predicted octanol–water partition coefficient (Wildman–Crippen LogP) is 1.33. The van der Waals surface area contributed by atoms with Crippen molar-refractivity contribution in [2.24, 2.45) is 7.05 Å². The van der Waals surface area contributed by atoms with Crippen molar-refractivity contribution in [3.8, 4) is 5.75 Å². The van der Waals surface area contributed by atoms with Crippen LogP contribution in [0.4, 0.5) is 5.69 Å². The zero-order valence-electron chi connectivity index (χ0n) is 10.1. The van der Waals surface area contributed by atoms with E-state index in [2.05, 4.69) is 10.2 Å². The molecule has 0 saturated heterocycles. The van der Waals surface area contributed by atoms with E-state index in [4.69, 9.17) is 10.5 Å². The van der Waals surface area contributed by atoms with Crippen LogP contribution in [0.1, 0.15) is 11.6 Å². The van der Waals surface area contributed by atoms with Gasteiger partial charge in [-0.3, -0.25) is 0 Å². The second-order valence-electron chi connectivity index (χ2n) is 3.86. The molecule has 0 atom stereocenters. The molecule has 0 unspecified atom stereocenters. The first-order valence-corrected chi connectivity index (χ1v) is 5.50. The average Bonchev–Trinajstić information content (AvgIpc) is 2.63. The normalized spacial score (nSPS) is 10.5. The molecule has 1 aromatic carbocycles. The van der Waals surface area contributed by atoms with Crippen LogP contribution in [0.2, 0.25) is 0 Å². The molecule has 0 bridgehead atoms. The standard InChI is InChI=1S/C12H16N4O/c1-9-14-15-12(16(9)2)7-8-17-11-6-4-3-5-10(11)13/h3-6H,7-8,13H2,1-2H3. The number of rotatable bonds is 4. The lowest BCUT2D eigenvalue weighted by Crippen LogP contribution is -2.07. The van der Waals surface area contributed by atoms with Crippen molar-refractivity contribution >= 4 is 5.69 Å². The minimum absolute atomic E-state index is 0.542. The van der Waals surface area contributed by atoms with Gasteiger partial charge in [-0.25, -0.2) is 0 Å². The third-order valence-electron chi connectivity index (χ3n) is 2.68. The number of nitrogens with two attached hydrogens (primary N) is 1. The van der Waals surface area contributed by atoms with Crippen LogP contribution in [0.15, 0.2) is 24.3 Å². The van der Waals surface area contributed by atoms with Crippen molar-refractivity contribution in [2.45, 2.75) is 13.3 Å². The lowest BCUT2D eigenvalue weighted by Gasteiger charge is -2.08. The topological polar surface area (TPSA) is 66.0 Å². The summed E-state index contributed by atoms with van der Waals surface area (Å²) in [5.41, 5.74) is 6.43. The number of nitrogens with zero attached hydrogens (tertiary/aromatic N) is 3. The van der Waals surface area contributed by atoms with E-state index >= 15 is 0 Å². The number of aryl methyl sites for hydroxylation is 1. The van der Waals surface area contributed by atoms with E-state index in [0.717, 1.165) is 11.6 Å². The fourth-order valence-corrected chi connectivity index (χ4v) is 1.53. The Morgan fingerprint density at radius 3 is 2.71 bits per heavy atom. The molecule has 0 saturated carbocycles. The van der Waals surface area contributed by atoms with Crippen LogP contribution < -0.4 is 10.5 Å². The van der Waals surface area contributed by atoms with Crippen LogP contribution in [-0.2, 0) is 13.5 Å². The second kappa shape index (κ2) is 4.86. The number of benzene rings is 1. The largest absolute Gasteiger partial charge is 0.491 e. The van der Waals surface area contributed by atoms with E-state index in [0.29, 0.717) is 24.5 Å². The summed E-state index contributed by atoms with van der Waals surface area (Å²) in [6.45, 7) is 2.47. The van der Waals surface area contributed by atoms with Gasteiger partial charge >= 0.3 is 0 Å². The van der Waals surface area contributed by atoms with Crippen molar-refractivity contribution in [3.05, 3.63) is 35.9 Å². The molecule has 17 heavy (non-hydrogen) atoms. The quantitative estimate of drug-likeness (QED) is 0.807. The van der Waals surface area contributed by atoms with Crippen molar-refractivity contribution < 1.29 is 4.74 Å².